The Kier molecular flexibility index (Phi) is 15.5. The van der Waals surface area contributed by atoms with E-state index in [1.165, 1.54) is 6.92 Å². The van der Waals surface area contributed by atoms with Gasteiger partial charge in [0.2, 0.25) is 11.8 Å². The second-order valence-electron chi connectivity index (χ2n) is 6.07. The molecule has 0 saturated carbocycles. The summed E-state index contributed by atoms with van der Waals surface area (Å²) in [6.07, 6.45) is 3.21. The van der Waals surface area contributed by atoms with E-state index in [-0.39, 0.29) is 30.4 Å². The molecule has 0 aliphatic rings. The summed E-state index contributed by atoms with van der Waals surface area (Å²) in [5.74, 6) is -0.000688. The maximum Gasteiger partial charge on any atom is 0.245 e. The van der Waals surface area contributed by atoms with E-state index in [0.717, 1.165) is 25.7 Å². The van der Waals surface area contributed by atoms with Crippen LogP contribution in [0.2, 0.25) is 0 Å². The fraction of sp³-hybridized carbons (Fsp3) is 0.882. The van der Waals surface area contributed by atoms with E-state index in [1.54, 1.807) is 6.92 Å². The Labute approximate surface area is 150 Å². The standard InChI is InChI=1S/C17H35N3O5/c1-14(21)16(6-7-18)5-3-4-8-20-17(23)13-25-12-11-24-10-9-19-15(2)22/h14,16,21H,3-13,18H2,1-2H3,(H,19,22)(H,20,23)/t14?,16-/m0/s1. The normalized spacial score (nSPS) is 13.3. The van der Waals surface area contributed by atoms with Crippen molar-refractivity contribution < 1.29 is 24.2 Å². The number of carbonyl (C=O) groups excluding carboxylic acids is 2. The lowest BCUT2D eigenvalue weighted by Gasteiger charge is -2.18. The molecule has 2 amide bonds. The highest BCUT2D eigenvalue weighted by molar-refractivity contribution is 5.77. The number of nitrogens with two attached hydrogens (primary N) is 1. The first-order valence-electron chi connectivity index (χ1n) is 9.02. The minimum Gasteiger partial charge on any atom is -0.393 e. The van der Waals surface area contributed by atoms with Gasteiger partial charge in [0.25, 0.3) is 0 Å². The highest BCUT2D eigenvalue weighted by Crippen LogP contribution is 2.16. The molecule has 0 rings (SSSR count). The van der Waals surface area contributed by atoms with E-state index in [9.17, 15) is 14.7 Å². The highest BCUT2D eigenvalue weighted by atomic mass is 16.5. The number of aliphatic hydroxyl groups excluding tert-OH is 1. The lowest BCUT2D eigenvalue weighted by Crippen LogP contribution is -2.29. The van der Waals surface area contributed by atoms with Crippen LogP contribution < -0.4 is 16.4 Å². The number of hydrogen-bond donors (Lipinski definition) is 4. The molecule has 25 heavy (non-hydrogen) atoms. The summed E-state index contributed by atoms with van der Waals surface area (Å²) in [7, 11) is 0. The van der Waals surface area contributed by atoms with Gasteiger partial charge in [-0.1, -0.05) is 6.42 Å². The lowest BCUT2D eigenvalue weighted by atomic mass is 9.93. The Morgan fingerprint density at radius 1 is 1.04 bits per heavy atom. The van der Waals surface area contributed by atoms with Crippen LogP contribution in [0, 0.1) is 5.92 Å². The Morgan fingerprint density at radius 3 is 2.40 bits per heavy atom. The second kappa shape index (κ2) is 16.3. The van der Waals surface area contributed by atoms with Gasteiger partial charge in [0.05, 0.1) is 25.9 Å². The summed E-state index contributed by atoms with van der Waals surface area (Å²) in [6.45, 7) is 6.06. The van der Waals surface area contributed by atoms with Crippen LogP contribution in [0.1, 0.15) is 39.5 Å². The topological polar surface area (TPSA) is 123 Å². The van der Waals surface area contributed by atoms with E-state index in [2.05, 4.69) is 10.6 Å². The third-order valence-electron chi connectivity index (χ3n) is 3.77. The first-order chi connectivity index (χ1) is 12.0. The minimum absolute atomic E-state index is 0.0124. The van der Waals surface area contributed by atoms with Crippen molar-refractivity contribution in [2.24, 2.45) is 11.7 Å². The number of hydrogen-bond acceptors (Lipinski definition) is 6. The predicted molar refractivity (Wildman–Crippen MR) is 96.0 cm³/mol. The van der Waals surface area contributed by atoms with Gasteiger partial charge in [-0.15, -0.1) is 0 Å². The minimum atomic E-state index is -0.341. The van der Waals surface area contributed by atoms with Crippen LogP contribution in [0.25, 0.3) is 0 Å². The maximum absolute atomic E-state index is 11.6. The largest absolute Gasteiger partial charge is 0.393 e. The third kappa shape index (κ3) is 16.0. The van der Waals surface area contributed by atoms with Crippen LogP contribution in [-0.4, -0.2) is 69.1 Å². The molecule has 8 nitrogen and oxygen atoms in total. The van der Waals surface area contributed by atoms with Gasteiger partial charge in [-0.25, -0.2) is 0 Å². The van der Waals surface area contributed by atoms with E-state index in [4.69, 9.17) is 15.2 Å². The summed E-state index contributed by atoms with van der Waals surface area (Å²) in [5.41, 5.74) is 5.53. The molecule has 0 aliphatic heterocycles. The summed E-state index contributed by atoms with van der Waals surface area (Å²) in [4.78, 5) is 22.2. The molecule has 0 aromatic carbocycles. The summed E-state index contributed by atoms with van der Waals surface area (Å²) >= 11 is 0. The van der Waals surface area contributed by atoms with Gasteiger partial charge in [0.15, 0.2) is 0 Å². The number of nitrogens with one attached hydrogen (secondary N) is 2. The summed E-state index contributed by atoms with van der Waals surface area (Å²) < 4.78 is 10.5. The molecule has 0 bridgehead atoms. The van der Waals surface area contributed by atoms with Crippen molar-refractivity contribution in [3.8, 4) is 0 Å². The van der Waals surface area contributed by atoms with Crippen LogP contribution in [0.3, 0.4) is 0 Å². The molecule has 5 N–H and O–H groups in total. The highest BCUT2D eigenvalue weighted by Gasteiger charge is 2.13. The second-order valence-corrected chi connectivity index (χ2v) is 6.07. The van der Waals surface area contributed by atoms with Crippen LogP contribution in [0.4, 0.5) is 0 Å². The molecular weight excluding hydrogens is 326 g/mol. The number of carbonyl (C=O) groups is 2. The van der Waals surface area contributed by atoms with Gasteiger partial charge < -0.3 is 30.9 Å². The number of amides is 2. The molecule has 1 unspecified atom stereocenters. The van der Waals surface area contributed by atoms with E-state index in [1.807, 2.05) is 0 Å². The van der Waals surface area contributed by atoms with Crippen LogP contribution in [0.15, 0.2) is 0 Å². The molecule has 0 fully saturated rings. The zero-order chi connectivity index (χ0) is 18.9. The van der Waals surface area contributed by atoms with Gasteiger partial charge in [-0.2, -0.15) is 0 Å². The summed E-state index contributed by atoms with van der Waals surface area (Å²) in [6, 6.07) is 0. The average Bonchev–Trinajstić information content (AvgIpc) is 2.55. The molecule has 0 aromatic heterocycles. The van der Waals surface area contributed by atoms with Crippen LogP contribution >= 0.6 is 0 Å². The van der Waals surface area contributed by atoms with Gasteiger partial charge in [0.1, 0.15) is 6.61 Å². The quantitative estimate of drug-likeness (QED) is 0.282. The zero-order valence-electron chi connectivity index (χ0n) is 15.6. The number of ether oxygens (including phenoxy) is 2. The van der Waals surface area contributed by atoms with E-state index < -0.39 is 0 Å². The van der Waals surface area contributed by atoms with Crippen LogP contribution in [-0.2, 0) is 19.1 Å². The van der Waals surface area contributed by atoms with Crippen molar-refractivity contribution in [3.05, 3.63) is 0 Å². The monoisotopic (exact) mass is 361 g/mol. The van der Waals surface area contributed by atoms with Crippen molar-refractivity contribution in [1.82, 2.24) is 10.6 Å². The molecule has 0 spiro atoms. The van der Waals surface area contributed by atoms with Crippen molar-refractivity contribution >= 4 is 11.8 Å². The molecule has 148 valence electrons. The van der Waals surface area contributed by atoms with Crippen molar-refractivity contribution in [2.75, 3.05) is 46.1 Å². The molecule has 0 saturated heterocycles. The Bertz CT molecular complexity index is 353. The average molecular weight is 361 g/mol. The Balaban J connectivity index is 3.42. The fourth-order valence-corrected chi connectivity index (χ4v) is 2.34. The van der Waals surface area contributed by atoms with E-state index >= 15 is 0 Å². The maximum atomic E-state index is 11.6. The fourth-order valence-electron chi connectivity index (χ4n) is 2.34. The van der Waals surface area contributed by atoms with Gasteiger partial charge in [-0.3, -0.25) is 9.59 Å². The smallest absolute Gasteiger partial charge is 0.245 e. The molecule has 0 aromatic rings. The van der Waals surface area contributed by atoms with Gasteiger partial charge >= 0.3 is 0 Å². The Hall–Kier alpha value is -1.22. The number of rotatable bonds is 16. The molecule has 0 aliphatic carbocycles. The van der Waals surface area contributed by atoms with Gasteiger partial charge in [0, 0.05) is 20.0 Å². The van der Waals surface area contributed by atoms with Crippen molar-refractivity contribution in [1.29, 1.82) is 0 Å². The first-order valence-corrected chi connectivity index (χ1v) is 9.02. The van der Waals surface area contributed by atoms with Crippen molar-refractivity contribution in [3.63, 3.8) is 0 Å². The van der Waals surface area contributed by atoms with Crippen LogP contribution in [0.5, 0.6) is 0 Å². The third-order valence-corrected chi connectivity index (χ3v) is 3.77. The summed E-state index contributed by atoms with van der Waals surface area (Å²) in [5, 5.41) is 15.1. The number of aliphatic hydroxyl groups is 1. The van der Waals surface area contributed by atoms with Gasteiger partial charge in [-0.05, 0) is 38.6 Å². The molecule has 0 heterocycles. The number of unbranched alkanes of at least 4 members (excludes halogenated alkanes) is 1. The first kappa shape index (κ1) is 23.8. The van der Waals surface area contributed by atoms with E-state index in [0.29, 0.717) is 39.5 Å². The molecule has 2 atom stereocenters. The van der Waals surface area contributed by atoms with Crippen molar-refractivity contribution in [2.45, 2.75) is 45.6 Å². The zero-order valence-corrected chi connectivity index (χ0v) is 15.6. The molecule has 8 heteroatoms. The SMILES string of the molecule is CC(=O)NCCOCCOCC(=O)NCCCC[C@@H](CCN)C(C)O. The molecular formula is C17H35N3O5. The Morgan fingerprint density at radius 2 is 1.76 bits per heavy atom. The molecule has 0 radical (unpaired) electrons. The predicted octanol–water partition coefficient (Wildman–Crippen LogP) is -0.212. The lowest BCUT2D eigenvalue weighted by molar-refractivity contribution is -0.126.